The van der Waals surface area contributed by atoms with Crippen molar-refractivity contribution in [3.8, 4) is 17.2 Å². The summed E-state index contributed by atoms with van der Waals surface area (Å²) in [5, 5.41) is 23.5. The Kier molecular flexibility index (Phi) is 4.57. The molecule has 1 amide bonds. The van der Waals surface area contributed by atoms with Crippen LogP contribution in [0.15, 0.2) is 60.9 Å². The quantitative estimate of drug-likeness (QED) is 0.418. The molecule has 1 N–H and O–H groups in total. The summed E-state index contributed by atoms with van der Waals surface area (Å²) in [6, 6.07) is 14.8. The number of halogens is 2. The lowest BCUT2D eigenvalue weighted by atomic mass is 10.1. The van der Waals surface area contributed by atoms with Gasteiger partial charge in [-0.1, -0.05) is 12.1 Å². The van der Waals surface area contributed by atoms with Crippen molar-refractivity contribution in [2.24, 2.45) is 5.92 Å². The predicted octanol–water partition coefficient (Wildman–Crippen LogP) is 3.80. The number of anilines is 1. The summed E-state index contributed by atoms with van der Waals surface area (Å²) in [7, 11) is 0. The van der Waals surface area contributed by atoms with E-state index in [4.69, 9.17) is 5.26 Å². The maximum Gasteiger partial charge on any atom is 0.350 e. The third kappa shape index (κ3) is 3.65. The zero-order chi connectivity index (χ0) is 24.2. The van der Waals surface area contributed by atoms with Crippen molar-refractivity contribution in [2.45, 2.75) is 18.8 Å². The molecule has 0 radical (unpaired) electrons. The first-order valence-corrected chi connectivity index (χ1v) is 10.8. The highest BCUT2D eigenvalue weighted by Gasteiger charge is 2.41. The molecule has 1 saturated carbocycles. The Balaban J connectivity index is 1.38. The number of hydrogen-bond acceptors (Lipinski definition) is 6. The van der Waals surface area contributed by atoms with E-state index in [0.717, 1.165) is 12.8 Å². The normalized spacial score (nSPS) is 13.7. The van der Waals surface area contributed by atoms with Crippen LogP contribution in [-0.4, -0.2) is 35.1 Å². The van der Waals surface area contributed by atoms with Gasteiger partial charge in [0.2, 0.25) is 11.7 Å². The molecule has 5 aromatic rings. The van der Waals surface area contributed by atoms with Gasteiger partial charge in [-0.2, -0.15) is 19.1 Å². The topological polar surface area (TPSA) is 113 Å². The fourth-order valence-electron chi connectivity index (χ4n) is 3.84. The highest BCUT2D eigenvalue weighted by molar-refractivity contribution is 5.93. The van der Waals surface area contributed by atoms with Crippen molar-refractivity contribution in [3.63, 3.8) is 0 Å². The molecule has 11 heteroatoms. The molecule has 4 aromatic heterocycles. The van der Waals surface area contributed by atoms with Crippen molar-refractivity contribution in [3.05, 3.63) is 78.0 Å². The van der Waals surface area contributed by atoms with E-state index in [-0.39, 0.29) is 23.3 Å². The Hall–Kier alpha value is -4.72. The molecule has 0 saturated heterocycles. The van der Waals surface area contributed by atoms with Gasteiger partial charge in [0.15, 0.2) is 17.1 Å². The minimum Gasteiger partial charge on any atom is -0.309 e. The second-order valence-corrected chi connectivity index (χ2v) is 8.35. The van der Waals surface area contributed by atoms with Crippen molar-refractivity contribution >= 4 is 23.0 Å². The van der Waals surface area contributed by atoms with E-state index in [1.54, 1.807) is 36.4 Å². The number of imidazole rings is 1. The largest absolute Gasteiger partial charge is 0.350 e. The van der Waals surface area contributed by atoms with Crippen molar-refractivity contribution in [1.29, 1.82) is 5.26 Å². The van der Waals surface area contributed by atoms with Gasteiger partial charge < -0.3 is 5.32 Å². The average molecular weight is 470 g/mol. The Labute approximate surface area is 196 Å². The fourth-order valence-corrected chi connectivity index (χ4v) is 3.84. The number of nitriles is 1. The molecule has 9 nitrogen and oxygen atoms in total. The van der Waals surface area contributed by atoms with Crippen LogP contribution >= 0.6 is 0 Å². The van der Waals surface area contributed by atoms with Crippen molar-refractivity contribution in [2.75, 3.05) is 5.32 Å². The maximum absolute atomic E-state index is 15.6. The number of pyridine rings is 1. The van der Waals surface area contributed by atoms with Gasteiger partial charge in [-0.05, 0) is 60.4 Å². The summed E-state index contributed by atoms with van der Waals surface area (Å²) in [6.07, 6.45) is 4.59. The van der Waals surface area contributed by atoms with Crippen LogP contribution in [0.3, 0.4) is 0 Å². The molecule has 4 heterocycles. The molecule has 0 bridgehead atoms. The molecule has 35 heavy (non-hydrogen) atoms. The second kappa shape index (κ2) is 7.66. The summed E-state index contributed by atoms with van der Waals surface area (Å²) in [5.41, 5.74) is 1.80. The van der Waals surface area contributed by atoms with Crippen molar-refractivity contribution in [1.82, 2.24) is 29.2 Å². The number of rotatable bonds is 5. The number of fused-ring (bicyclic) bond motifs is 2. The van der Waals surface area contributed by atoms with Gasteiger partial charge in [0.25, 0.3) is 0 Å². The first kappa shape index (κ1) is 20.9. The Bertz CT molecular complexity index is 1660. The number of nitrogens with one attached hydrogen (secondary N) is 1. The molecule has 172 valence electrons. The lowest BCUT2D eigenvalue weighted by Gasteiger charge is -2.14. The summed E-state index contributed by atoms with van der Waals surface area (Å²) in [4.78, 5) is 16.2. The third-order valence-electron chi connectivity index (χ3n) is 5.85. The zero-order valence-electron chi connectivity index (χ0n) is 18.1. The third-order valence-corrected chi connectivity index (χ3v) is 5.85. The van der Waals surface area contributed by atoms with E-state index in [2.05, 4.69) is 31.7 Å². The van der Waals surface area contributed by atoms with Crippen LogP contribution in [0, 0.1) is 17.2 Å². The summed E-state index contributed by atoms with van der Waals surface area (Å²) in [5.74, 6) is -4.07. The van der Waals surface area contributed by atoms with Gasteiger partial charge in [0.05, 0.1) is 17.8 Å². The summed E-state index contributed by atoms with van der Waals surface area (Å²) >= 11 is 0. The van der Waals surface area contributed by atoms with Gasteiger partial charge in [-0.15, -0.1) is 10.2 Å². The van der Waals surface area contributed by atoms with E-state index in [9.17, 15) is 4.79 Å². The predicted molar refractivity (Wildman–Crippen MR) is 120 cm³/mol. The Morgan fingerprint density at radius 1 is 1.06 bits per heavy atom. The van der Waals surface area contributed by atoms with Gasteiger partial charge in [-0.3, -0.25) is 9.20 Å². The molecule has 0 unspecified atom stereocenters. The van der Waals surface area contributed by atoms with Crippen LogP contribution < -0.4 is 5.32 Å². The number of aromatic nitrogens is 6. The van der Waals surface area contributed by atoms with Crippen LogP contribution in [0.1, 0.15) is 29.9 Å². The van der Waals surface area contributed by atoms with E-state index < -0.39 is 17.4 Å². The molecule has 0 atom stereocenters. The van der Waals surface area contributed by atoms with E-state index in [1.807, 2.05) is 0 Å². The summed E-state index contributed by atoms with van der Waals surface area (Å²) in [6.45, 7) is 0. The molecule has 1 aliphatic rings. The minimum atomic E-state index is -3.58. The molecule has 6 rings (SSSR count). The number of hydrogen-bond donors (Lipinski definition) is 1. The van der Waals surface area contributed by atoms with Crippen molar-refractivity contribution < 1.29 is 13.6 Å². The average Bonchev–Trinajstić information content (AvgIpc) is 3.51. The summed E-state index contributed by atoms with van der Waals surface area (Å²) < 4.78 is 33.7. The molecular formula is C24H16F2N8O. The Morgan fingerprint density at radius 2 is 1.89 bits per heavy atom. The lowest BCUT2D eigenvalue weighted by Crippen LogP contribution is -2.22. The SMILES string of the molecule is N#Cc1cccc(-c2ccc3nnc(C(F)(F)c4ccc5nc(NC(=O)C6CC6)cn5n4)n3c2)c1. The number of benzene rings is 1. The van der Waals surface area contributed by atoms with Crippen LogP contribution in [-0.2, 0) is 10.7 Å². The van der Waals surface area contributed by atoms with Gasteiger partial charge in [0.1, 0.15) is 5.69 Å². The van der Waals surface area contributed by atoms with Crippen LogP contribution in [0.4, 0.5) is 14.6 Å². The van der Waals surface area contributed by atoms with Gasteiger partial charge in [-0.25, -0.2) is 9.50 Å². The lowest BCUT2D eigenvalue weighted by molar-refractivity contribution is -0.117. The molecular weight excluding hydrogens is 454 g/mol. The Morgan fingerprint density at radius 3 is 2.69 bits per heavy atom. The smallest absolute Gasteiger partial charge is 0.309 e. The first-order chi connectivity index (χ1) is 16.9. The maximum atomic E-state index is 15.6. The molecule has 0 aliphatic heterocycles. The fraction of sp³-hybridized carbons (Fsp3) is 0.167. The van der Waals surface area contributed by atoms with Crippen LogP contribution in [0.5, 0.6) is 0 Å². The highest BCUT2D eigenvalue weighted by atomic mass is 19.3. The van der Waals surface area contributed by atoms with E-state index >= 15 is 8.78 Å². The standard InChI is InChI=1S/C24H16F2N8O/c25-24(26,18-7-9-20-28-19(13-34(20)32-18)29-22(35)15-4-5-15)23-31-30-21-8-6-17(12-33(21)23)16-3-1-2-14(10-16)11-27/h1-3,6-10,12-13,15H,4-5H2,(H,29,35). The second-order valence-electron chi connectivity index (χ2n) is 8.35. The van der Waals surface area contributed by atoms with E-state index in [1.165, 1.54) is 33.4 Å². The molecule has 0 spiro atoms. The zero-order valence-corrected chi connectivity index (χ0v) is 18.1. The molecule has 1 aromatic carbocycles. The highest BCUT2D eigenvalue weighted by Crippen LogP contribution is 2.34. The van der Waals surface area contributed by atoms with Crippen LogP contribution in [0.25, 0.3) is 22.4 Å². The van der Waals surface area contributed by atoms with Crippen LogP contribution in [0.2, 0.25) is 0 Å². The first-order valence-electron chi connectivity index (χ1n) is 10.8. The number of alkyl halides is 2. The monoisotopic (exact) mass is 470 g/mol. The minimum absolute atomic E-state index is 0.0128. The number of carbonyl (C=O) groups excluding carboxylic acids is 1. The van der Waals surface area contributed by atoms with Gasteiger partial charge in [0, 0.05) is 12.1 Å². The number of nitrogens with zero attached hydrogens (tertiary/aromatic N) is 7. The molecule has 1 aliphatic carbocycles. The van der Waals surface area contributed by atoms with Gasteiger partial charge >= 0.3 is 5.92 Å². The number of amides is 1. The van der Waals surface area contributed by atoms with E-state index in [0.29, 0.717) is 22.3 Å². The molecule has 1 fully saturated rings. The number of carbonyl (C=O) groups is 1.